The summed E-state index contributed by atoms with van der Waals surface area (Å²) in [4.78, 5) is 12.5. The van der Waals surface area contributed by atoms with Crippen LogP contribution >= 0.6 is 0 Å². The van der Waals surface area contributed by atoms with E-state index in [1.807, 2.05) is 12.1 Å². The van der Waals surface area contributed by atoms with Gasteiger partial charge in [0.15, 0.2) is 0 Å². The number of anilines is 1. The summed E-state index contributed by atoms with van der Waals surface area (Å²) in [6.45, 7) is 2.93. The topological polar surface area (TPSA) is 56.8 Å². The van der Waals surface area contributed by atoms with Gasteiger partial charge in [0, 0.05) is 11.6 Å². The van der Waals surface area contributed by atoms with Crippen molar-refractivity contribution in [3.8, 4) is 17.2 Å². The highest BCUT2D eigenvalue weighted by molar-refractivity contribution is 6.05. The van der Waals surface area contributed by atoms with E-state index in [2.05, 4.69) is 12.2 Å². The summed E-state index contributed by atoms with van der Waals surface area (Å²) in [6.07, 6.45) is 7.40. The van der Waals surface area contributed by atoms with Gasteiger partial charge >= 0.3 is 0 Å². The second kappa shape index (κ2) is 11.9. The number of amides is 1. The fraction of sp³-hybridized carbons (Fsp3) is 0.435. The number of carbonyl (C=O) groups excluding carboxylic acids is 1. The van der Waals surface area contributed by atoms with Gasteiger partial charge in [0.1, 0.15) is 17.2 Å². The Morgan fingerprint density at radius 2 is 1.54 bits per heavy atom. The van der Waals surface area contributed by atoms with Gasteiger partial charge in [-0.05, 0) is 42.8 Å². The zero-order chi connectivity index (χ0) is 20.2. The number of hydrogen-bond donors (Lipinski definition) is 1. The molecule has 28 heavy (non-hydrogen) atoms. The number of carbonyl (C=O) groups is 1. The molecule has 1 N–H and O–H groups in total. The van der Waals surface area contributed by atoms with Gasteiger partial charge in [-0.1, -0.05) is 39.0 Å². The van der Waals surface area contributed by atoms with Crippen molar-refractivity contribution < 1.29 is 19.0 Å². The third kappa shape index (κ3) is 6.80. The van der Waals surface area contributed by atoms with E-state index in [0.717, 1.165) is 12.2 Å². The minimum Gasteiger partial charge on any atom is -0.497 e. The SMILES string of the molecule is CCCCCCCCOc1ccc(C(=O)Nc2cc(OC)ccc2OC)cc1. The molecule has 0 atom stereocenters. The molecule has 0 aliphatic heterocycles. The second-order valence-electron chi connectivity index (χ2n) is 6.66. The first-order chi connectivity index (χ1) is 13.7. The molecule has 0 bridgehead atoms. The number of unbranched alkanes of at least 4 members (excludes halogenated alkanes) is 5. The number of rotatable bonds is 12. The van der Waals surface area contributed by atoms with Gasteiger partial charge in [-0.2, -0.15) is 0 Å². The predicted octanol–water partition coefficient (Wildman–Crippen LogP) is 5.70. The maximum absolute atomic E-state index is 12.5. The van der Waals surface area contributed by atoms with Crippen LogP contribution in [0.4, 0.5) is 5.69 Å². The Morgan fingerprint density at radius 3 is 2.21 bits per heavy atom. The third-order valence-electron chi connectivity index (χ3n) is 4.54. The van der Waals surface area contributed by atoms with Crippen molar-refractivity contribution in [3.05, 3.63) is 48.0 Å². The maximum atomic E-state index is 12.5. The molecule has 0 aliphatic rings. The van der Waals surface area contributed by atoms with Gasteiger partial charge in [-0.25, -0.2) is 0 Å². The Labute approximate surface area is 168 Å². The van der Waals surface area contributed by atoms with Crippen LogP contribution in [0.3, 0.4) is 0 Å². The first kappa shape index (κ1) is 21.6. The van der Waals surface area contributed by atoms with Crippen molar-refractivity contribution in [1.29, 1.82) is 0 Å². The second-order valence-corrected chi connectivity index (χ2v) is 6.66. The molecule has 5 nitrogen and oxygen atoms in total. The number of benzene rings is 2. The lowest BCUT2D eigenvalue weighted by molar-refractivity contribution is 0.102. The molecule has 0 aromatic heterocycles. The van der Waals surface area contributed by atoms with Gasteiger partial charge in [0.2, 0.25) is 0 Å². The minimum atomic E-state index is -0.214. The fourth-order valence-electron chi connectivity index (χ4n) is 2.88. The molecule has 0 saturated carbocycles. The molecule has 0 heterocycles. The predicted molar refractivity (Wildman–Crippen MR) is 113 cm³/mol. The number of nitrogens with one attached hydrogen (secondary N) is 1. The molecule has 152 valence electrons. The molecule has 5 heteroatoms. The van der Waals surface area contributed by atoms with Crippen molar-refractivity contribution in [3.63, 3.8) is 0 Å². The molecular weight excluding hydrogens is 354 g/mol. The molecule has 0 saturated heterocycles. The van der Waals surface area contributed by atoms with Gasteiger partial charge in [-0.15, -0.1) is 0 Å². The van der Waals surface area contributed by atoms with Crippen LogP contribution in [0.15, 0.2) is 42.5 Å². The molecule has 0 unspecified atom stereocenters. The Bertz CT molecular complexity index is 728. The van der Waals surface area contributed by atoms with Crippen LogP contribution in [0, 0.1) is 0 Å². The highest BCUT2D eigenvalue weighted by atomic mass is 16.5. The normalized spacial score (nSPS) is 10.4. The van der Waals surface area contributed by atoms with Gasteiger partial charge in [0.25, 0.3) is 5.91 Å². The molecule has 0 spiro atoms. The first-order valence-corrected chi connectivity index (χ1v) is 9.94. The lowest BCUT2D eigenvalue weighted by Crippen LogP contribution is -2.12. The molecule has 1 amide bonds. The van der Waals surface area contributed by atoms with E-state index < -0.39 is 0 Å². The molecule has 0 fully saturated rings. The summed E-state index contributed by atoms with van der Waals surface area (Å²) in [5.74, 6) is 1.79. The van der Waals surface area contributed by atoms with Crippen LogP contribution in [0.25, 0.3) is 0 Å². The van der Waals surface area contributed by atoms with Crippen LogP contribution in [-0.2, 0) is 0 Å². The molecule has 2 aromatic rings. The van der Waals surface area contributed by atoms with Crippen molar-refractivity contribution in [2.75, 3.05) is 26.1 Å². The quantitative estimate of drug-likeness (QED) is 0.477. The minimum absolute atomic E-state index is 0.214. The van der Waals surface area contributed by atoms with E-state index in [9.17, 15) is 4.79 Å². The van der Waals surface area contributed by atoms with Crippen molar-refractivity contribution in [2.45, 2.75) is 45.4 Å². The summed E-state index contributed by atoms with van der Waals surface area (Å²) in [5, 5.41) is 2.86. The summed E-state index contributed by atoms with van der Waals surface area (Å²) >= 11 is 0. The number of ether oxygens (including phenoxy) is 3. The summed E-state index contributed by atoms with van der Waals surface area (Å²) in [7, 11) is 3.14. The van der Waals surface area contributed by atoms with E-state index in [0.29, 0.717) is 29.4 Å². The smallest absolute Gasteiger partial charge is 0.255 e. The van der Waals surface area contributed by atoms with E-state index in [-0.39, 0.29) is 5.91 Å². The van der Waals surface area contributed by atoms with Crippen LogP contribution in [0.5, 0.6) is 17.2 Å². The van der Waals surface area contributed by atoms with E-state index >= 15 is 0 Å². The molecule has 0 aliphatic carbocycles. The highest BCUT2D eigenvalue weighted by Crippen LogP contribution is 2.29. The zero-order valence-corrected chi connectivity index (χ0v) is 17.1. The summed E-state index contributed by atoms with van der Waals surface area (Å²) < 4.78 is 16.3. The highest BCUT2D eigenvalue weighted by Gasteiger charge is 2.11. The average molecular weight is 386 g/mol. The summed E-state index contributed by atoms with van der Waals surface area (Å²) in [5.41, 5.74) is 1.12. The zero-order valence-electron chi connectivity index (χ0n) is 17.1. The third-order valence-corrected chi connectivity index (χ3v) is 4.54. The van der Waals surface area contributed by atoms with Gasteiger partial charge < -0.3 is 19.5 Å². The number of methoxy groups -OCH3 is 2. The lowest BCUT2D eigenvalue weighted by Gasteiger charge is -2.12. The fourth-order valence-corrected chi connectivity index (χ4v) is 2.88. The molecular formula is C23H31NO4. The number of hydrogen-bond acceptors (Lipinski definition) is 4. The Hall–Kier alpha value is -2.69. The van der Waals surface area contributed by atoms with Crippen molar-refractivity contribution in [1.82, 2.24) is 0 Å². The van der Waals surface area contributed by atoms with Gasteiger partial charge in [-0.3, -0.25) is 4.79 Å². The van der Waals surface area contributed by atoms with E-state index in [1.165, 1.54) is 32.1 Å². The van der Waals surface area contributed by atoms with E-state index in [4.69, 9.17) is 14.2 Å². The molecule has 2 rings (SSSR count). The van der Waals surface area contributed by atoms with Crippen LogP contribution < -0.4 is 19.5 Å². The first-order valence-electron chi connectivity index (χ1n) is 9.94. The van der Waals surface area contributed by atoms with Crippen molar-refractivity contribution in [2.24, 2.45) is 0 Å². The largest absolute Gasteiger partial charge is 0.497 e. The van der Waals surface area contributed by atoms with Crippen molar-refractivity contribution >= 4 is 11.6 Å². The van der Waals surface area contributed by atoms with Gasteiger partial charge in [0.05, 0.1) is 26.5 Å². The van der Waals surface area contributed by atoms with Crippen LogP contribution in [0.1, 0.15) is 55.8 Å². The van der Waals surface area contributed by atoms with Crippen LogP contribution in [0.2, 0.25) is 0 Å². The van der Waals surface area contributed by atoms with E-state index in [1.54, 1.807) is 44.6 Å². The molecule has 0 radical (unpaired) electrons. The summed E-state index contributed by atoms with van der Waals surface area (Å²) in [6, 6.07) is 12.5. The standard InChI is InChI=1S/C23H31NO4/c1-4-5-6-7-8-9-16-28-19-12-10-18(11-13-19)23(25)24-21-17-20(26-2)14-15-22(21)27-3/h10-15,17H,4-9,16H2,1-3H3,(H,24,25). The Kier molecular flexibility index (Phi) is 9.19. The Morgan fingerprint density at radius 1 is 0.857 bits per heavy atom. The lowest BCUT2D eigenvalue weighted by atomic mass is 10.1. The maximum Gasteiger partial charge on any atom is 0.255 e. The van der Waals surface area contributed by atoms with Crippen LogP contribution in [-0.4, -0.2) is 26.7 Å². The molecule has 2 aromatic carbocycles. The monoisotopic (exact) mass is 385 g/mol. The Balaban J connectivity index is 1.85. The average Bonchev–Trinajstić information content (AvgIpc) is 2.73.